The predicted molar refractivity (Wildman–Crippen MR) is 74.8 cm³/mol. The Kier molecular flexibility index (Phi) is 3.02. The maximum Gasteiger partial charge on any atom is 0.180 e. The lowest BCUT2D eigenvalue weighted by molar-refractivity contribution is 0.154. The van der Waals surface area contributed by atoms with Gasteiger partial charge in [-0.3, -0.25) is 0 Å². The molecule has 6 nitrogen and oxygen atoms in total. The molecule has 1 atom stereocenters. The minimum atomic E-state index is -0.245. The van der Waals surface area contributed by atoms with Crippen molar-refractivity contribution in [3.63, 3.8) is 0 Å². The lowest BCUT2D eigenvalue weighted by atomic mass is 10.1. The van der Waals surface area contributed by atoms with Gasteiger partial charge in [0.1, 0.15) is 11.5 Å². The van der Waals surface area contributed by atoms with E-state index in [4.69, 9.17) is 0 Å². The van der Waals surface area contributed by atoms with Crippen molar-refractivity contribution in [3.05, 3.63) is 18.5 Å². The van der Waals surface area contributed by atoms with Gasteiger partial charge in [0.05, 0.1) is 12.3 Å². The first kappa shape index (κ1) is 12.2. The fourth-order valence-corrected chi connectivity index (χ4v) is 2.50. The van der Waals surface area contributed by atoms with Crippen LogP contribution in [0.3, 0.4) is 0 Å². The molecule has 19 heavy (non-hydrogen) atoms. The van der Waals surface area contributed by atoms with Gasteiger partial charge in [-0.15, -0.1) is 0 Å². The number of fused-ring (bicyclic) bond motifs is 1. The van der Waals surface area contributed by atoms with E-state index in [1.807, 2.05) is 37.5 Å². The van der Waals surface area contributed by atoms with Crippen LogP contribution in [0.1, 0.15) is 12.8 Å². The van der Waals surface area contributed by atoms with Crippen LogP contribution < -0.4 is 9.80 Å². The van der Waals surface area contributed by atoms with E-state index in [2.05, 4.69) is 15.0 Å². The first-order chi connectivity index (χ1) is 9.15. The molecule has 2 aromatic heterocycles. The molecule has 0 aromatic carbocycles. The van der Waals surface area contributed by atoms with Gasteiger partial charge in [-0.1, -0.05) is 0 Å². The Morgan fingerprint density at radius 2 is 2.26 bits per heavy atom. The second-order valence-electron chi connectivity index (χ2n) is 5.22. The summed E-state index contributed by atoms with van der Waals surface area (Å²) in [7, 11) is 3.96. The van der Waals surface area contributed by atoms with Crippen LogP contribution in [-0.4, -0.2) is 53.0 Å². The fourth-order valence-electron chi connectivity index (χ4n) is 2.50. The number of aromatic nitrogens is 3. The minimum Gasteiger partial charge on any atom is -0.391 e. The zero-order valence-electron chi connectivity index (χ0n) is 11.3. The SMILES string of the molecule is CN(C)c1cnn2ccc(N3CCC[C@@H](O)C3)nc12. The summed E-state index contributed by atoms with van der Waals surface area (Å²) >= 11 is 0. The predicted octanol–water partition coefficient (Wildman–Crippen LogP) is 0.756. The molecule has 1 aliphatic heterocycles. The number of hydrogen-bond donors (Lipinski definition) is 1. The number of anilines is 2. The molecule has 0 aliphatic carbocycles. The van der Waals surface area contributed by atoms with Crippen LogP contribution in [0.25, 0.3) is 5.65 Å². The van der Waals surface area contributed by atoms with Crippen LogP contribution in [0, 0.1) is 0 Å². The first-order valence-corrected chi connectivity index (χ1v) is 6.60. The summed E-state index contributed by atoms with van der Waals surface area (Å²) in [5, 5.41) is 14.0. The highest BCUT2D eigenvalue weighted by Gasteiger charge is 2.19. The van der Waals surface area contributed by atoms with E-state index in [0.717, 1.165) is 36.5 Å². The highest BCUT2D eigenvalue weighted by atomic mass is 16.3. The van der Waals surface area contributed by atoms with Gasteiger partial charge in [0, 0.05) is 33.4 Å². The summed E-state index contributed by atoms with van der Waals surface area (Å²) < 4.78 is 1.78. The average molecular weight is 261 g/mol. The third-order valence-electron chi connectivity index (χ3n) is 3.54. The molecule has 6 heteroatoms. The van der Waals surface area contributed by atoms with E-state index in [0.29, 0.717) is 6.54 Å². The van der Waals surface area contributed by atoms with Gasteiger partial charge in [-0.05, 0) is 18.9 Å². The molecule has 3 heterocycles. The zero-order valence-corrected chi connectivity index (χ0v) is 11.3. The van der Waals surface area contributed by atoms with E-state index in [1.165, 1.54) is 0 Å². The Bertz CT molecular complexity index is 579. The molecular formula is C13H19N5O. The Hall–Kier alpha value is -1.82. The normalized spacial score (nSPS) is 19.9. The molecule has 0 amide bonds. The largest absolute Gasteiger partial charge is 0.391 e. The number of hydrogen-bond acceptors (Lipinski definition) is 5. The number of piperidine rings is 1. The molecule has 1 saturated heterocycles. The Balaban J connectivity index is 1.98. The Morgan fingerprint density at radius 1 is 1.42 bits per heavy atom. The molecule has 102 valence electrons. The van der Waals surface area contributed by atoms with E-state index < -0.39 is 0 Å². The van der Waals surface area contributed by atoms with Crippen molar-refractivity contribution in [2.75, 3.05) is 37.0 Å². The summed E-state index contributed by atoms with van der Waals surface area (Å²) in [6, 6.07) is 1.96. The summed E-state index contributed by atoms with van der Waals surface area (Å²) in [5.74, 6) is 0.912. The van der Waals surface area contributed by atoms with Crippen LogP contribution in [-0.2, 0) is 0 Å². The summed E-state index contributed by atoms with van der Waals surface area (Å²) in [4.78, 5) is 8.83. The fraction of sp³-hybridized carbons (Fsp3) is 0.538. The number of aliphatic hydroxyl groups is 1. The molecule has 2 aromatic rings. The van der Waals surface area contributed by atoms with Crippen LogP contribution in [0.5, 0.6) is 0 Å². The van der Waals surface area contributed by atoms with Gasteiger partial charge < -0.3 is 14.9 Å². The summed E-state index contributed by atoms with van der Waals surface area (Å²) in [5.41, 5.74) is 1.85. The minimum absolute atomic E-state index is 0.245. The van der Waals surface area contributed by atoms with E-state index >= 15 is 0 Å². The van der Waals surface area contributed by atoms with Crippen LogP contribution in [0.2, 0.25) is 0 Å². The van der Waals surface area contributed by atoms with Crippen LogP contribution >= 0.6 is 0 Å². The third kappa shape index (κ3) is 2.23. The van der Waals surface area contributed by atoms with Crippen molar-refractivity contribution in [2.24, 2.45) is 0 Å². The number of β-amino-alcohol motifs (C(OH)–C–C–N with tert-alkyl or cyclic N) is 1. The number of rotatable bonds is 2. The molecule has 0 saturated carbocycles. The molecule has 0 spiro atoms. The summed E-state index contributed by atoms with van der Waals surface area (Å²) in [6.45, 7) is 1.61. The molecule has 0 unspecified atom stereocenters. The van der Waals surface area contributed by atoms with Crippen LogP contribution in [0.15, 0.2) is 18.5 Å². The van der Waals surface area contributed by atoms with E-state index in [9.17, 15) is 5.11 Å². The highest BCUT2D eigenvalue weighted by molar-refractivity contribution is 5.69. The summed E-state index contributed by atoms with van der Waals surface area (Å²) in [6.07, 6.45) is 5.38. The smallest absolute Gasteiger partial charge is 0.180 e. The van der Waals surface area contributed by atoms with Gasteiger partial charge >= 0.3 is 0 Å². The van der Waals surface area contributed by atoms with Crippen molar-refractivity contribution >= 4 is 17.2 Å². The molecule has 1 N–H and O–H groups in total. The first-order valence-electron chi connectivity index (χ1n) is 6.60. The van der Waals surface area contributed by atoms with Crippen molar-refractivity contribution in [3.8, 4) is 0 Å². The average Bonchev–Trinajstić information content (AvgIpc) is 2.81. The van der Waals surface area contributed by atoms with E-state index in [1.54, 1.807) is 4.52 Å². The van der Waals surface area contributed by atoms with Crippen molar-refractivity contribution in [2.45, 2.75) is 18.9 Å². The quantitative estimate of drug-likeness (QED) is 0.865. The van der Waals surface area contributed by atoms with Gasteiger partial charge in [-0.2, -0.15) is 5.10 Å². The second kappa shape index (κ2) is 4.70. The number of nitrogens with zero attached hydrogens (tertiary/aromatic N) is 5. The molecule has 0 radical (unpaired) electrons. The van der Waals surface area contributed by atoms with Crippen molar-refractivity contribution in [1.29, 1.82) is 0 Å². The van der Waals surface area contributed by atoms with Crippen molar-refractivity contribution < 1.29 is 5.11 Å². The maximum absolute atomic E-state index is 9.76. The molecule has 0 bridgehead atoms. The zero-order chi connectivity index (χ0) is 13.4. The second-order valence-corrected chi connectivity index (χ2v) is 5.22. The molecular weight excluding hydrogens is 242 g/mol. The molecule has 3 rings (SSSR count). The Labute approximate surface area is 112 Å². The molecule has 1 fully saturated rings. The van der Waals surface area contributed by atoms with Gasteiger partial charge in [-0.25, -0.2) is 9.50 Å². The topological polar surface area (TPSA) is 56.9 Å². The van der Waals surface area contributed by atoms with Crippen LogP contribution in [0.4, 0.5) is 11.5 Å². The third-order valence-corrected chi connectivity index (χ3v) is 3.54. The highest BCUT2D eigenvalue weighted by Crippen LogP contribution is 2.22. The van der Waals surface area contributed by atoms with E-state index in [-0.39, 0.29) is 6.10 Å². The number of aliphatic hydroxyl groups excluding tert-OH is 1. The lowest BCUT2D eigenvalue weighted by Gasteiger charge is -2.31. The van der Waals surface area contributed by atoms with Gasteiger partial charge in [0.25, 0.3) is 0 Å². The maximum atomic E-state index is 9.76. The Morgan fingerprint density at radius 3 is 3.00 bits per heavy atom. The molecule has 1 aliphatic rings. The lowest BCUT2D eigenvalue weighted by Crippen LogP contribution is -2.38. The monoisotopic (exact) mass is 261 g/mol. The van der Waals surface area contributed by atoms with Gasteiger partial charge in [0.2, 0.25) is 0 Å². The van der Waals surface area contributed by atoms with Gasteiger partial charge in [0.15, 0.2) is 5.65 Å². The standard InChI is InChI=1S/C13H19N5O/c1-16(2)11-8-14-18-7-5-12(15-13(11)18)17-6-3-4-10(19)9-17/h5,7-8,10,19H,3-4,6,9H2,1-2H3/t10-/m1/s1. The van der Waals surface area contributed by atoms with Crippen molar-refractivity contribution in [1.82, 2.24) is 14.6 Å².